The molecule has 3 aliphatic rings. The first-order chi connectivity index (χ1) is 19.4. The Labute approximate surface area is 252 Å². The van der Waals surface area contributed by atoms with Crippen LogP contribution in [0.25, 0.3) is 0 Å². The molecule has 0 unspecified atom stereocenters. The first-order valence-corrected chi connectivity index (χ1v) is 16.0. The van der Waals surface area contributed by atoms with Crippen LogP contribution in [0.1, 0.15) is 105 Å². The van der Waals surface area contributed by atoms with Gasteiger partial charge in [0.2, 0.25) is 11.8 Å². The van der Waals surface area contributed by atoms with E-state index in [0.29, 0.717) is 44.6 Å². The van der Waals surface area contributed by atoms with E-state index in [0.717, 1.165) is 31.7 Å². The highest BCUT2D eigenvalue weighted by Crippen LogP contribution is 2.42. The van der Waals surface area contributed by atoms with Gasteiger partial charge in [-0.15, -0.1) is 0 Å². The average Bonchev–Trinajstić information content (AvgIpc) is 3.50. The zero-order valence-electron chi connectivity index (χ0n) is 27.2. The van der Waals surface area contributed by atoms with E-state index in [-0.39, 0.29) is 46.8 Å². The third kappa shape index (κ3) is 7.01. The molecular weight excluding hydrogens is 534 g/mol. The van der Waals surface area contributed by atoms with Gasteiger partial charge in [0.1, 0.15) is 11.6 Å². The smallest absolute Gasteiger partial charge is 0.228 e. The monoisotopic (exact) mass is 588 g/mol. The van der Waals surface area contributed by atoms with Gasteiger partial charge in [-0.2, -0.15) is 0 Å². The van der Waals surface area contributed by atoms with Crippen LogP contribution in [-0.4, -0.2) is 76.4 Å². The van der Waals surface area contributed by atoms with E-state index >= 15 is 4.39 Å². The quantitative estimate of drug-likeness (QED) is 0.447. The zero-order valence-corrected chi connectivity index (χ0v) is 27.2. The highest BCUT2D eigenvalue weighted by atomic mass is 19.1. The summed E-state index contributed by atoms with van der Waals surface area (Å²) in [6.07, 6.45) is 5.44. The third-order valence-electron chi connectivity index (χ3n) is 10.1. The molecule has 1 aromatic rings. The molecule has 236 valence electrons. The number of hydrogen-bond acceptors (Lipinski definition) is 4. The SMILES string of the molecule is CC1(C)CCC(N(C(=O)C(C)(C)C)[C@H]2C[C@H](CCN)N(C(=O)[C@@H]3CN(C(C)(C)C)C[C@H]3c3ccc(F)cc3F)C2)CC1. The van der Waals surface area contributed by atoms with Gasteiger partial charge < -0.3 is 15.5 Å². The molecular formula is C34H54F2N4O2. The Hall–Kier alpha value is -2.06. The molecule has 2 amide bonds. The maximum atomic E-state index is 15.1. The lowest BCUT2D eigenvalue weighted by atomic mass is 9.74. The summed E-state index contributed by atoms with van der Waals surface area (Å²) in [5, 5.41) is 0. The van der Waals surface area contributed by atoms with Crippen molar-refractivity contribution in [1.82, 2.24) is 14.7 Å². The topological polar surface area (TPSA) is 69.9 Å². The molecule has 4 rings (SSSR count). The minimum Gasteiger partial charge on any atom is -0.337 e. The van der Waals surface area contributed by atoms with E-state index in [1.54, 1.807) is 0 Å². The van der Waals surface area contributed by atoms with Crippen molar-refractivity contribution in [2.75, 3.05) is 26.2 Å². The Bertz CT molecular complexity index is 1130. The molecule has 0 bridgehead atoms. The molecule has 1 aliphatic carbocycles. The van der Waals surface area contributed by atoms with Crippen LogP contribution in [0, 0.1) is 28.4 Å². The summed E-state index contributed by atoms with van der Waals surface area (Å²) < 4.78 is 29.0. The van der Waals surface area contributed by atoms with Gasteiger partial charge >= 0.3 is 0 Å². The second kappa shape index (κ2) is 12.1. The summed E-state index contributed by atoms with van der Waals surface area (Å²) in [6.45, 7) is 18.8. The Morgan fingerprint density at radius 3 is 2.19 bits per heavy atom. The summed E-state index contributed by atoms with van der Waals surface area (Å²) in [5.41, 5.74) is 5.99. The van der Waals surface area contributed by atoms with Crippen LogP contribution >= 0.6 is 0 Å². The molecule has 0 radical (unpaired) electrons. The molecule has 2 heterocycles. The van der Waals surface area contributed by atoms with E-state index in [2.05, 4.69) is 44.4 Å². The van der Waals surface area contributed by atoms with E-state index < -0.39 is 23.0 Å². The number of nitrogens with zero attached hydrogens (tertiary/aromatic N) is 3. The third-order valence-corrected chi connectivity index (χ3v) is 10.1. The van der Waals surface area contributed by atoms with Crippen molar-refractivity contribution < 1.29 is 18.4 Å². The second-order valence-corrected chi connectivity index (χ2v) is 15.9. The molecule has 0 spiro atoms. The fourth-order valence-electron chi connectivity index (χ4n) is 7.44. The summed E-state index contributed by atoms with van der Waals surface area (Å²) in [7, 11) is 0. The first-order valence-electron chi connectivity index (χ1n) is 16.0. The molecule has 0 aromatic heterocycles. The van der Waals surface area contributed by atoms with E-state index in [4.69, 9.17) is 5.73 Å². The summed E-state index contributed by atoms with van der Waals surface area (Å²) in [6, 6.07) is 3.70. The lowest BCUT2D eigenvalue weighted by molar-refractivity contribution is -0.147. The van der Waals surface area contributed by atoms with Crippen LogP contribution in [0.5, 0.6) is 0 Å². The van der Waals surface area contributed by atoms with Crippen LogP contribution in [-0.2, 0) is 9.59 Å². The van der Waals surface area contributed by atoms with Crippen molar-refractivity contribution in [3.8, 4) is 0 Å². The van der Waals surface area contributed by atoms with Gasteiger partial charge in [0.15, 0.2) is 0 Å². The van der Waals surface area contributed by atoms with Crippen molar-refractivity contribution in [2.45, 2.75) is 123 Å². The number of likely N-dealkylation sites (tertiary alicyclic amines) is 2. The molecule has 2 saturated heterocycles. The van der Waals surface area contributed by atoms with Crippen molar-refractivity contribution in [2.24, 2.45) is 22.5 Å². The maximum absolute atomic E-state index is 15.1. The first kappa shape index (κ1) is 32.8. The molecule has 1 aromatic carbocycles. The van der Waals surface area contributed by atoms with Crippen molar-refractivity contribution in [3.63, 3.8) is 0 Å². The molecule has 2 aliphatic heterocycles. The molecule has 2 N–H and O–H groups in total. The Morgan fingerprint density at radius 2 is 1.64 bits per heavy atom. The van der Waals surface area contributed by atoms with E-state index in [1.807, 2.05) is 25.7 Å². The molecule has 3 fully saturated rings. The highest BCUT2D eigenvalue weighted by molar-refractivity contribution is 5.83. The van der Waals surface area contributed by atoms with Crippen molar-refractivity contribution >= 4 is 11.8 Å². The van der Waals surface area contributed by atoms with E-state index in [1.165, 1.54) is 12.1 Å². The maximum Gasteiger partial charge on any atom is 0.228 e. The fourth-order valence-corrected chi connectivity index (χ4v) is 7.44. The zero-order chi connectivity index (χ0) is 31.2. The molecule has 42 heavy (non-hydrogen) atoms. The van der Waals surface area contributed by atoms with E-state index in [9.17, 15) is 14.0 Å². The second-order valence-electron chi connectivity index (χ2n) is 15.9. The molecule has 8 heteroatoms. The lowest BCUT2D eigenvalue weighted by Crippen LogP contribution is -2.54. The summed E-state index contributed by atoms with van der Waals surface area (Å²) in [4.78, 5) is 34.8. The van der Waals surface area contributed by atoms with Gasteiger partial charge in [-0.3, -0.25) is 14.5 Å². The number of nitrogens with two attached hydrogens (primary N) is 1. The largest absolute Gasteiger partial charge is 0.337 e. The number of carbonyl (C=O) groups excluding carboxylic acids is 2. The number of carbonyl (C=O) groups is 2. The van der Waals surface area contributed by atoms with Gasteiger partial charge in [-0.25, -0.2) is 8.78 Å². The van der Waals surface area contributed by atoms with Gasteiger partial charge in [0.05, 0.1) is 12.0 Å². The minimum atomic E-state index is -0.620. The molecule has 1 saturated carbocycles. The van der Waals surface area contributed by atoms with Gasteiger partial charge in [-0.05, 0) is 82.9 Å². The normalized spacial score (nSPS) is 27.5. The minimum absolute atomic E-state index is 0.00985. The average molecular weight is 589 g/mol. The van der Waals surface area contributed by atoms with Crippen LogP contribution < -0.4 is 5.73 Å². The van der Waals surface area contributed by atoms with Crippen LogP contribution in [0.15, 0.2) is 18.2 Å². The Morgan fingerprint density at radius 1 is 1.00 bits per heavy atom. The number of halogens is 2. The predicted octanol–water partition coefficient (Wildman–Crippen LogP) is 5.94. The predicted molar refractivity (Wildman–Crippen MR) is 164 cm³/mol. The number of benzene rings is 1. The van der Waals surface area contributed by atoms with Crippen LogP contribution in [0.3, 0.4) is 0 Å². The lowest BCUT2D eigenvalue weighted by Gasteiger charge is -2.45. The molecule has 4 atom stereocenters. The Kier molecular flexibility index (Phi) is 9.50. The highest BCUT2D eigenvalue weighted by Gasteiger charge is 2.49. The van der Waals surface area contributed by atoms with Crippen LogP contribution in [0.4, 0.5) is 8.78 Å². The fraction of sp³-hybridized carbons (Fsp3) is 0.765. The summed E-state index contributed by atoms with van der Waals surface area (Å²) in [5.74, 6) is -1.94. The van der Waals surface area contributed by atoms with Crippen molar-refractivity contribution in [1.29, 1.82) is 0 Å². The molecule has 6 nitrogen and oxygen atoms in total. The van der Waals surface area contributed by atoms with Gasteiger partial charge in [-0.1, -0.05) is 40.7 Å². The Balaban J connectivity index is 1.65. The standard InChI is InChI=1S/C34H54F2N4O2/c1-32(2,3)31(42)40(23-11-14-34(7,8)15-12-23)25-18-24(13-16-37)39(19-25)30(41)28-21-38(33(4,5)6)20-27(28)26-10-9-22(35)17-29(26)36/h9-10,17,23-25,27-28H,11-16,18-21,37H2,1-8H3/t24-,25-,27-,28+/m0/s1. The number of rotatable bonds is 6. The van der Waals surface area contributed by atoms with Crippen LogP contribution in [0.2, 0.25) is 0 Å². The summed E-state index contributed by atoms with van der Waals surface area (Å²) >= 11 is 0. The van der Waals surface area contributed by atoms with Gasteiger partial charge in [0.25, 0.3) is 0 Å². The number of amides is 2. The van der Waals surface area contributed by atoms with Gasteiger partial charge in [0, 0.05) is 54.7 Å². The number of hydrogen-bond donors (Lipinski definition) is 1. The van der Waals surface area contributed by atoms with Crippen molar-refractivity contribution in [3.05, 3.63) is 35.4 Å².